The monoisotopic (exact) mass is 298 g/mol. The summed E-state index contributed by atoms with van der Waals surface area (Å²) >= 11 is 0. The molecule has 0 aliphatic rings. The van der Waals surface area contributed by atoms with Gasteiger partial charge in [-0.1, -0.05) is 91.0 Å². The molecule has 3 rings (SSSR count). The summed E-state index contributed by atoms with van der Waals surface area (Å²) < 4.78 is 0. The Hall–Kier alpha value is -2.93. The highest BCUT2D eigenvalue weighted by atomic mass is 16.1. The number of ketones is 1. The van der Waals surface area contributed by atoms with E-state index in [1.807, 2.05) is 66.7 Å². The third-order valence-corrected chi connectivity index (χ3v) is 3.70. The van der Waals surface area contributed by atoms with E-state index in [1.165, 1.54) is 11.1 Å². The third-order valence-electron chi connectivity index (χ3n) is 3.70. The van der Waals surface area contributed by atoms with Gasteiger partial charge in [0.2, 0.25) is 0 Å². The maximum Gasteiger partial charge on any atom is 0.160 e. The lowest BCUT2D eigenvalue weighted by Crippen LogP contribution is -1.98. The number of hydrogen-bond donors (Lipinski definition) is 0. The quantitative estimate of drug-likeness (QED) is 0.593. The van der Waals surface area contributed by atoms with Crippen molar-refractivity contribution < 1.29 is 4.79 Å². The van der Waals surface area contributed by atoms with Gasteiger partial charge in [0.25, 0.3) is 0 Å². The zero-order valence-electron chi connectivity index (χ0n) is 12.9. The number of carbonyl (C=O) groups is 1. The molecule has 0 atom stereocenters. The van der Waals surface area contributed by atoms with E-state index in [-0.39, 0.29) is 5.78 Å². The van der Waals surface area contributed by atoms with Crippen molar-refractivity contribution in [3.8, 4) is 11.1 Å². The van der Waals surface area contributed by atoms with E-state index in [4.69, 9.17) is 0 Å². The Bertz CT molecular complexity index is 784. The van der Waals surface area contributed by atoms with Gasteiger partial charge in [-0.25, -0.2) is 0 Å². The molecule has 0 radical (unpaired) electrons. The standard InChI is InChI=1S/C22H18O/c23-22(16-13-18-7-3-1-4-8-18)17-19-11-14-21(15-12-19)20-9-5-2-6-10-20/h1-16H,17H2/b16-13+. The zero-order chi connectivity index (χ0) is 15.9. The van der Waals surface area contributed by atoms with E-state index >= 15 is 0 Å². The van der Waals surface area contributed by atoms with Crippen LogP contribution in [0.1, 0.15) is 11.1 Å². The smallest absolute Gasteiger partial charge is 0.160 e. The molecule has 0 aliphatic heterocycles. The largest absolute Gasteiger partial charge is 0.294 e. The second-order valence-corrected chi connectivity index (χ2v) is 5.45. The van der Waals surface area contributed by atoms with Crippen LogP contribution in [-0.2, 0) is 11.2 Å². The number of carbonyl (C=O) groups excluding carboxylic acids is 1. The molecule has 0 N–H and O–H groups in total. The second kappa shape index (κ2) is 7.37. The fraction of sp³-hybridized carbons (Fsp3) is 0.0455. The van der Waals surface area contributed by atoms with Crippen molar-refractivity contribution in [1.29, 1.82) is 0 Å². The van der Waals surface area contributed by atoms with E-state index in [1.54, 1.807) is 6.08 Å². The Balaban J connectivity index is 1.64. The van der Waals surface area contributed by atoms with E-state index < -0.39 is 0 Å². The molecule has 0 saturated carbocycles. The first-order chi connectivity index (χ1) is 11.3. The Kier molecular flexibility index (Phi) is 4.80. The summed E-state index contributed by atoms with van der Waals surface area (Å²) in [5.41, 5.74) is 4.43. The average Bonchev–Trinajstić information content (AvgIpc) is 2.62. The molecule has 3 aromatic rings. The van der Waals surface area contributed by atoms with Crippen LogP contribution in [0.4, 0.5) is 0 Å². The van der Waals surface area contributed by atoms with Crippen molar-refractivity contribution in [2.75, 3.05) is 0 Å². The lowest BCUT2D eigenvalue weighted by Gasteiger charge is -2.03. The van der Waals surface area contributed by atoms with Crippen molar-refractivity contribution in [1.82, 2.24) is 0 Å². The third kappa shape index (κ3) is 4.27. The van der Waals surface area contributed by atoms with Crippen molar-refractivity contribution in [3.63, 3.8) is 0 Å². The Labute approximate surface area is 136 Å². The molecule has 0 heterocycles. The summed E-state index contributed by atoms with van der Waals surface area (Å²) in [7, 11) is 0. The van der Waals surface area contributed by atoms with Gasteiger partial charge in [0.1, 0.15) is 0 Å². The molecular formula is C22H18O. The minimum Gasteiger partial charge on any atom is -0.294 e. The lowest BCUT2D eigenvalue weighted by molar-refractivity contribution is -0.113. The predicted octanol–water partition coefficient (Wildman–Crippen LogP) is 5.18. The molecule has 0 amide bonds. The Morgan fingerprint density at radius 2 is 1.26 bits per heavy atom. The van der Waals surface area contributed by atoms with Crippen LogP contribution in [0.3, 0.4) is 0 Å². The van der Waals surface area contributed by atoms with Crippen LogP contribution in [0.15, 0.2) is 91.0 Å². The fourth-order valence-corrected chi connectivity index (χ4v) is 2.46. The topological polar surface area (TPSA) is 17.1 Å². The Morgan fingerprint density at radius 1 is 0.696 bits per heavy atom. The summed E-state index contributed by atoms with van der Waals surface area (Å²) in [4.78, 5) is 12.1. The van der Waals surface area contributed by atoms with Gasteiger partial charge in [0, 0.05) is 6.42 Å². The maximum absolute atomic E-state index is 12.1. The van der Waals surface area contributed by atoms with Crippen LogP contribution in [0.25, 0.3) is 17.2 Å². The van der Waals surface area contributed by atoms with Crippen molar-refractivity contribution in [3.05, 3.63) is 102 Å². The summed E-state index contributed by atoms with van der Waals surface area (Å²) in [5.74, 6) is 0.112. The normalized spacial score (nSPS) is 10.8. The second-order valence-electron chi connectivity index (χ2n) is 5.45. The molecule has 0 unspecified atom stereocenters. The van der Waals surface area contributed by atoms with Gasteiger partial charge >= 0.3 is 0 Å². The minimum atomic E-state index is 0.112. The van der Waals surface area contributed by atoms with E-state index in [2.05, 4.69) is 24.3 Å². The van der Waals surface area contributed by atoms with Crippen molar-refractivity contribution in [2.45, 2.75) is 6.42 Å². The van der Waals surface area contributed by atoms with E-state index in [0.717, 1.165) is 11.1 Å². The number of allylic oxidation sites excluding steroid dienone is 1. The van der Waals surface area contributed by atoms with Crippen LogP contribution in [0.2, 0.25) is 0 Å². The van der Waals surface area contributed by atoms with Crippen LogP contribution in [0, 0.1) is 0 Å². The summed E-state index contributed by atoms with van der Waals surface area (Å²) in [6, 6.07) is 28.3. The molecule has 112 valence electrons. The highest BCUT2D eigenvalue weighted by Crippen LogP contribution is 2.19. The molecule has 0 aliphatic carbocycles. The maximum atomic E-state index is 12.1. The highest BCUT2D eigenvalue weighted by Gasteiger charge is 2.01. The summed E-state index contributed by atoms with van der Waals surface area (Å²) in [5, 5.41) is 0. The van der Waals surface area contributed by atoms with Crippen molar-refractivity contribution in [2.24, 2.45) is 0 Å². The fourth-order valence-electron chi connectivity index (χ4n) is 2.46. The minimum absolute atomic E-state index is 0.112. The molecular weight excluding hydrogens is 280 g/mol. The Morgan fingerprint density at radius 3 is 1.91 bits per heavy atom. The predicted molar refractivity (Wildman–Crippen MR) is 96.1 cm³/mol. The SMILES string of the molecule is O=C(/C=C/c1ccccc1)Cc1ccc(-c2ccccc2)cc1. The molecule has 0 spiro atoms. The first-order valence-corrected chi connectivity index (χ1v) is 7.71. The zero-order valence-corrected chi connectivity index (χ0v) is 12.9. The molecule has 0 saturated heterocycles. The molecule has 0 bridgehead atoms. The van der Waals surface area contributed by atoms with Crippen molar-refractivity contribution >= 4 is 11.9 Å². The molecule has 0 fully saturated rings. The molecule has 1 heteroatoms. The molecule has 23 heavy (non-hydrogen) atoms. The van der Waals surface area contributed by atoms with Crippen LogP contribution in [-0.4, -0.2) is 5.78 Å². The summed E-state index contributed by atoms with van der Waals surface area (Å²) in [6.07, 6.45) is 3.94. The van der Waals surface area contributed by atoms with Gasteiger partial charge in [-0.05, 0) is 28.3 Å². The van der Waals surface area contributed by atoms with Gasteiger partial charge < -0.3 is 0 Å². The van der Waals surface area contributed by atoms with Gasteiger partial charge in [-0.3, -0.25) is 4.79 Å². The number of hydrogen-bond acceptors (Lipinski definition) is 1. The van der Waals surface area contributed by atoms with E-state index in [9.17, 15) is 4.79 Å². The number of benzene rings is 3. The van der Waals surface area contributed by atoms with Crippen LogP contribution < -0.4 is 0 Å². The number of rotatable bonds is 5. The molecule has 3 aromatic carbocycles. The average molecular weight is 298 g/mol. The van der Waals surface area contributed by atoms with Crippen LogP contribution in [0.5, 0.6) is 0 Å². The molecule has 0 aromatic heterocycles. The first kappa shape index (κ1) is 15.0. The highest BCUT2D eigenvalue weighted by molar-refractivity contribution is 5.95. The van der Waals surface area contributed by atoms with Crippen LogP contribution >= 0.6 is 0 Å². The first-order valence-electron chi connectivity index (χ1n) is 7.71. The summed E-state index contributed by atoms with van der Waals surface area (Å²) in [6.45, 7) is 0. The molecule has 1 nitrogen and oxygen atoms in total. The van der Waals surface area contributed by atoms with Gasteiger partial charge in [-0.15, -0.1) is 0 Å². The van der Waals surface area contributed by atoms with E-state index in [0.29, 0.717) is 6.42 Å². The van der Waals surface area contributed by atoms with Gasteiger partial charge in [0.15, 0.2) is 5.78 Å². The van der Waals surface area contributed by atoms with Gasteiger partial charge in [-0.2, -0.15) is 0 Å². The van der Waals surface area contributed by atoms with Gasteiger partial charge in [0.05, 0.1) is 0 Å². The lowest BCUT2D eigenvalue weighted by atomic mass is 10.0.